The SMILES string of the molecule is CC/C=C/C=C/C=C/C=C/CCCCCCCC(=O)OC[C@H](COP(=O)([O-])OCC[N+](C)(C)C)OC(=O)CCCC/C=C/CCCCCCCCCCC. The van der Waals surface area contributed by atoms with Gasteiger partial charge in [0.05, 0.1) is 27.7 Å². The van der Waals surface area contributed by atoms with E-state index in [1.165, 1.54) is 57.8 Å². The fourth-order valence-electron chi connectivity index (χ4n) is 5.31. The number of allylic oxidation sites excluding steroid dienone is 10. The molecule has 54 heavy (non-hydrogen) atoms. The fourth-order valence-corrected chi connectivity index (χ4v) is 6.03. The van der Waals surface area contributed by atoms with Crippen LogP contribution in [0.4, 0.5) is 0 Å². The Kier molecular flexibility index (Phi) is 34.8. The molecule has 0 bridgehead atoms. The summed E-state index contributed by atoms with van der Waals surface area (Å²) < 4.78 is 33.8. The highest BCUT2D eigenvalue weighted by Gasteiger charge is 2.21. The molecule has 0 aromatic carbocycles. The van der Waals surface area contributed by atoms with E-state index in [4.69, 9.17) is 18.5 Å². The molecule has 0 fully saturated rings. The van der Waals surface area contributed by atoms with Crippen LogP contribution >= 0.6 is 7.82 Å². The average molecular weight is 780 g/mol. The van der Waals surface area contributed by atoms with E-state index in [2.05, 4.69) is 44.2 Å². The van der Waals surface area contributed by atoms with Gasteiger partial charge in [-0.1, -0.05) is 145 Å². The van der Waals surface area contributed by atoms with Crippen LogP contribution in [0.15, 0.2) is 60.8 Å². The van der Waals surface area contributed by atoms with Gasteiger partial charge in [0.15, 0.2) is 6.10 Å². The number of carbonyl (C=O) groups is 2. The molecule has 312 valence electrons. The van der Waals surface area contributed by atoms with Gasteiger partial charge in [0.2, 0.25) is 0 Å². The Hall–Kier alpha value is -2.29. The molecule has 0 aliphatic carbocycles. The largest absolute Gasteiger partial charge is 0.756 e. The van der Waals surface area contributed by atoms with E-state index < -0.39 is 32.5 Å². The molecule has 2 atom stereocenters. The number of esters is 2. The number of nitrogens with zero attached hydrogens (tertiary/aromatic N) is 1. The van der Waals surface area contributed by atoms with Gasteiger partial charge in [-0.15, -0.1) is 0 Å². The highest BCUT2D eigenvalue weighted by molar-refractivity contribution is 7.45. The molecule has 0 aromatic heterocycles. The first kappa shape index (κ1) is 51.7. The van der Waals surface area contributed by atoms with E-state index in [1.807, 2.05) is 51.5 Å². The summed E-state index contributed by atoms with van der Waals surface area (Å²) in [5.41, 5.74) is 0. The minimum atomic E-state index is -4.63. The van der Waals surface area contributed by atoms with Crippen molar-refractivity contribution in [2.45, 2.75) is 161 Å². The van der Waals surface area contributed by atoms with Crippen LogP contribution in [0.1, 0.15) is 155 Å². The standard InChI is InChI=1S/C44H78NO8P/c1-6-8-10-12-14-16-18-20-22-24-26-28-30-32-34-36-43(46)50-40-42(41-52-54(48,49)51-39-38-45(3,4)5)53-44(47)37-35-33-31-29-27-25-23-21-19-17-15-13-11-9-7-2/h8,10,12,14,16,18,20,22,27,29,42H,6-7,9,11,13,15,17,19,21,23-26,28,30-41H2,1-5H3/b10-8+,14-12+,18-16+,22-20+,29-27+/t42-/m1/s1. The topological polar surface area (TPSA) is 111 Å². The molecule has 0 rings (SSSR count). The molecule has 0 heterocycles. The van der Waals surface area contributed by atoms with Crippen molar-refractivity contribution in [3.63, 3.8) is 0 Å². The Morgan fingerprint density at radius 3 is 1.67 bits per heavy atom. The number of rotatable bonds is 37. The van der Waals surface area contributed by atoms with Gasteiger partial charge in [-0.25, -0.2) is 0 Å². The number of ether oxygens (including phenoxy) is 2. The Morgan fingerprint density at radius 1 is 0.593 bits per heavy atom. The summed E-state index contributed by atoms with van der Waals surface area (Å²) in [6, 6.07) is 0. The number of phosphoric acid groups is 1. The highest BCUT2D eigenvalue weighted by atomic mass is 31.2. The zero-order valence-corrected chi connectivity index (χ0v) is 35.8. The second-order valence-electron chi connectivity index (χ2n) is 15.1. The molecule has 0 aliphatic heterocycles. The van der Waals surface area contributed by atoms with Gasteiger partial charge in [-0.05, 0) is 57.8 Å². The summed E-state index contributed by atoms with van der Waals surface area (Å²) in [4.78, 5) is 37.4. The van der Waals surface area contributed by atoms with Gasteiger partial charge in [0.25, 0.3) is 7.82 Å². The zero-order valence-electron chi connectivity index (χ0n) is 34.9. The first-order valence-corrected chi connectivity index (χ1v) is 22.5. The normalized spacial score (nSPS) is 14.3. The van der Waals surface area contributed by atoms with Gasteiger partial charge in [0, 0.05) is 12.8 Å². The van der Waals surface area contributed by atoms with Crippen LogP contribution in [0.2, 0.25) is 0 Å². The van der Waals surface area contributed by atoms with Crippen molar-refractivity contribution in [3.8, 4) is 0 Å². The molecule has 9 nitrogen and oxygen atoms in total. The predicted octanol–water partition coefficient (Wildman–Crippen LogP) is 11.1. The van der Waals surface area contributed by atoms with Crippen molar-refractivity contribution in [2.75, 3.05) is 47.5 Å². The molecule has 0 saturated carbocycles. The number of carbonyl (C=O) groups excluding carboxylic acids is 2. The number of unbranched alkanes of at least 4 members (excludes halogenated alkanes) is 16. The molecule has 0 N–H and O–H groups in total. The van der Waals surface area contributed by atoms with Crippen molar-refractivity contribution in [2.24, 2.45) is 0 Å². The summed E-state index contributed by atoms with van der Waals surface area (Å²) in [5.74, 6) is -0.892. The molecule has 0 aromatic rings. The van der Waals surface area contributed by atoms with E-state index in [9.17, 15) is 19.0 Å². The molecule has 10 heteroatoms. The summed E-state index contributed by atoms with van der Waals surface area (Å²) in [5, 5.41) is 0. The van der Waals surface area contributed by atoms with Crippen LogP contribution in [0.5, 0.6) is 0 Å². The lowest BCUT2D eigenvalue weighted by Crippen LogP contribution is -2.37. The maximum atomic E-state index is 12.6. The van der Waals surface area contributed by atoms with E-state index in [0.717, 1.165) is 57.8 Å². The minimum Gasteiger partial charge on any atom is -0.756 e. The van der Waals surface area contributed by atoms with Crippen LogP contribution in [-0.4, -0.2) is 70.0 Å². The lowest BCUT2D eigenvalue weighted by atomic mass is 10.1. The number of hydrogen-bond acceptors (Lipinski definition) is 8. The van der Waals surface area contributed by atoms with Gasteiger partial charge >= 0.3 is 11.9 Å². The molecule has 0 amide bonds. The van der Waals surface area contributed by atoms with Crippen LogP contribution in [0.3, 0.4) is 0 Å². The third-order valence-electron chi connectivity index (χ3n) is 8.62. The fraction of sp³-hybridized carbons (Fsp3) is 0.727. The maximum absolute atomic E-state index is 12.6. The van der Waals surface area contributed by atoms with Gasteiger partial charge in [-0.2, -0.15) is 0 Å². The molecule has 1 unspecified atom stereocenters. The lowest BCUT2D eigenvalue weighted by molar-refractivity contribution is -0.870. The van der Waals surface area contributed by atoms with Crippen molar-refractivity contribution in [3.05, 3.63) is 60.8 Å². The first-order valence-electron chi connectivity index (χ1n) is 21.0. The average Bonchev–Trinajstić information content (AvgIpc) is 3.12. The smallest absolute Gasteiger partial charge is 0.306 e. The summed E-state index contributed by atoms with van der Waals surface area (Å²) in [7, 11) is 1.13. The lowest BCUT2D eigenvalue weighted by Gasteiger charge is -2.28. The van der Waals surface area contributed by atoms with Crippen molar-refractivity contribution < 1.29 is 42.1 Å². The molecule has 0 radical (unpaired) electrons. The number of likely N-dealkylation sites (N-methyl/N-ethyl adjacent to an activating group) is 1. The van der Waals surface area contributed by atoms with Crippen LogP contribution in [-0.2, 0) is 32.7 Å². The second kappa shape index (κ2) is 36.4. The molecule has 0 aliphatic rings. The van der Waals surface area contributed by atoms with Gasteiger partial charge < -0.3 is 27.9 Å². The Labute approximate surface area is 330 Å². The molecule has 0 saturated heterocycles. The number of hydrogen-bond donors (Lipinski definition) is 0. The second-order valence-corrected chi connectivity index (χ2v) is 16.5. The Morgan fingerprint density at radius 2 is 1.07 bits per heavy atom. The van der Waals surface area contributed by atoms with E-state index in [0.29, 0.717) is 23.9 Å². The van der Waals surface area contributed by atoms with Gasteiger partial charge in [-0.3, -0.25) is 14.2 Å². The molecular weight excluding hydrogens is 701 g/mol. The van der Waals surface area contributed by atoms with E-state index in [-0.39, 0.29) is 26.1 Å². The van der Waals surface area contributed by atoms with Crippen molar-refractivity contribution in [1.29, 1.82) is 0 Å². The van der Waals surface area contributed by atoms with Crippen LogP contribution in [0.25, 0.3) is 0 Å². The van der Waals surface area contributed by atoms with Gasteiger partial charge in [0.1, 0.15) is 19.8 Å². The van der Waals surface area contributed by atoms with Crippen LogP contribution in [0, 0.1) is 0 Å². The highest BCUT2D eigenvalue weighted by Crippen LogP contribution is 2.38. The Bertz CT molecular complexity index is 1110. The van der Waals surface area contributed by atoms with E-state index >= 15 is 0 Å². The first-order chi connectivity index (χ1) is 26.0. The predicted molar refractivity (Wildman–Crippen MR) is 222 cm³/mol. The monoisotopic (exact) mass is 780 g/mol. The maximum Gasteiger partial charge on any atom is 0.306 e. The third kappa shape index (κ3) is 39.4. The Balaban J connectivity index is 4.47. The minimum absolute atomic E-state index is 0.0410. The summed E-state index contributed by atoms with van der Waals surface area (Å²) >= 11 is 0. The number of phosphoric ester groups is 1. The van der Waals surface area contributed by atoms with E-state index in [1.54, 1.807) is 0 Å². The zero-order chi connectivity index (χ0) is 40.0. The molecular formula is C44H78NO8P. The third-order valence-corrected chi connectivity index (χ3v) is 9.58. The summed E-state index contributed by atoms with van der Waals surface area (Å²) in [6.07, 6.45) is 42.5. The number of quaternary nitrogens is 1. The summed E-state index contributed by atoms with van der Waals surface area (Å²) in [6.45, 7) is 4.02. The molecule has 0 spiro atoms. The quantitative estimate of drug-likeness (QED) is 0.0153. The van der Waals surface area contributed by atoms with Crippen LogP contribution < -0.4 is 4.89 Å². The van der Waals surface area contributed by atoms with Crippen molar-refractivity contribution in [1.82, 2.24) is 0 Å². The van der Waals surface area contributed by atoms with Crippen molar-refractivity contribution >= 4 is 19.8 Å².